The standard InChI is InChI=1S/C17H27N3O5S/c1-12(2)9-14(17(22)23)18-16(21)15-10-13(11-19(15)3)26(24,25)20-7-5-4-6-8-20/h10-12,14H,4-9H2,1-3H3,(H,18,21)(H,22,23)/t14-/m0/s1. The Morgan fingerprint density at radius 1 is 1.23 bits per heavy atom. The molecule has 1 atom stereocenters. The first kappa shape index (κ1) is 20.4. The van der Waals surface area contributed by atoms with E-state index in [1.165, 1.54) is 21.1 Å². The van der Waals surface area contributed by atoms with Crippen LogP contribution in [0.2, 0.25) is 0 Å². The molecule has 1 aliphatic rings. The SMILES string of the molecule is CC(C)C[C@H](NC(=O)c1cc(S(=O)(=O)N2CCCCC2)cn1C)C(=O)O. The molecule has 2 N–H and O–H groups in total. The van der Waals surface area contributed by atoms with Crippen LogP contribution in [0.15, 0.2) is 17.2 Å². The Bertz CT molecular complexity index is 763. The Balaban J connectivity index is 2.21. The predicted octanol–water partition coefficient (Wildman–Crippen LogP) is 1.43. The molecule has 0 bridgehead atoms. The Kier molecular flexibility index (Phi) is 6.46. The van der Waals surface area contributed by atoms with Crippen LogP contribution in [0.1, 0.15) is 50.0 Å². The van der Waals surface area contributed by atoms with Crippen LogP contribution in [0.25, 0.3) is 0 Å². The van der Waals surface area contributed by atoms with Crippen LogP contribution >= 0.6 is 0 Å². The summed E-state index contributed by atoms with van der Waals surface area (Å²) in [7, 11) is -2.07. The molecule has 1 saturated heterocycles. The lowest BCUT2D eigenvalue weighted by atomic mass is 10.0. The maximum atomic E-state index is 12.7. The minimum atomic E-state index is -3.64. The van der Waals surface area contributed by atoms with Gasteiger partial charge in [-0.05, 0) is 31.2 Å². The van der Waals surface area contributed by atoms with Crippen molar-refractivity contribution in [2.45, 2.75) is 50.5 Å². The lowest BCUT2D eigenvalue weighted by Crippen LogP contribution is -2.42. The molecule has 8 nitrogen and oxygen atoms in total. The molecule has 2 heterocycles. The number of carboxylic acids is 1. The number of carbonyl (C=O) groups is 2. The molecule has 0 radical (unpaired) electrons. The maximum absolute atomic E-state index is 12.7. The highest BCUT2D eigenvalue weighted by molar-refractivity contribution is 7.89. The van der Waals surface area contributed by atoms with E-state index in [0.29, 0.717) is 19.5 Å². The summed E-state index contributed by atoms with van der Waals surface area (Å²) in [6.45, 7) is 4.70. The number of amides is 1. The third kappa shape index (κ3) is 4.64. The molecule has 0 unspecified atom stereocenters. The topological polar surface area (TPSA) is 109 Å². The van der Waals surface area contributed by atoms with Crippen molar-refractivity contribution in [3.63, 3.8) is 0 Å². The third-order valence-corrected chi connectivity index (χ3v) is 6.34. The average molecular weight is 385 g/mol. The van der Waals surface area contributed by atoms with E-state index in [2.05, 4.69) is 5.32 Å². The average Bonchev–Trinajstić information content (AvgIpc) is 2.97. The van der Waals surface area contributed by atoms with Crippen molar-refractivity contribution in [3.8, 4) is 0 Å². The van der Waals surface area contributed by atoms with Gasteiger partial charge in [0, 0.05) is 26.3 Å². The molecule has 1 amide bonds. The van der Waals surface area contributed by atoms with Gasteiger partial charge < -0.3 is 15.0 Å². The van der Waals surface area contributed by atoms with Crippen molar-refractivity contribution in [3.05, 3.63) is 18.0 Å². The second-order valence-corrected chi connectivity index (χ2v) is 9.07. The maximum Gasteiger partial charge on any atom is 0.326 e. The van der Waals surface area contributed by atoms with Crippen molar-refractivity contribution in [2.75, 3.05) is 13.1 Å². The molecule has 0 spiro atoms. The van der Waals surface area contributed by atoms with Crippen LogP contribution in [0.5, 0.6) is 0 Å². The van der Waals surface area contributed by atoms with Crippen LogP contribution in [-0.2, 0) is 21.9 Å². The first-order chi connectivity index (χ1) is 12.1. The van der Waals surface area contributed by atoms with Crippen molar-refractivity contribution >= 4 is 21.9 Å². The lowest BCUT2D eigenvalue weighted by molar-refractivity contribution is -0.139. The number of rotatable bonds is 7. The summed E-state index contributed by atoms with van der Waals surface area (Å²) in [5, 5.41) is 11.7. The van der Waals surface area contributed by atoms with Crippen molar-refractivity contribution < 1.29 is 23.1 Å². The number of aromatic nitrogens is 1. The number of sulfonamides is 1. The summed E-state index contributed by atoms with van der Waals surface area (Å²) < 4.78 is 28.3. The van der Waals surface area contributed by atoms with Gasteiger partial charge in [0.2, 0.25) is 10.0 Å². The van der Waals surface area contributed by atoms with Gasteiger partial charge >= 0.3 is 5.97 Å². The van der Waals surface area contributed by atoms with E-state index in [1.54, 1.807) is 7.05 Å². The Labute approximate surface area is 154 Å². The number of hydrogen-bond acceptors (Lipinski definition) is 4. The van der Waals surface area contributed by atoms with E-state index in [0.717, 1.165) is 19.3 Å². The molecule has 0 aliphatic carbocycles. The largest absolute Gasteiger partial charge is 0.480 e. The third-order valence-electron chi connectivity index (χ3n) is 4.48. The molecule has 0 saturated carbocycles. The lowest BCUT2D eigenvalue weighted by Gasteiger charge is -2.25. The fourth-order valence-electron chi connectivity index (χ4n) is 3.08. The van der Waals surface area contributed by atoms with Gasteiger partial charge in [0.1, 0.15) is 16.6 Å². The van der Waals surface area contributed by atoms with Gasteiger partial charge in [0.25, 0.3) is 5.91 Å². The molecule has 1 fully saturated rings. The van der Waals surface area contributed by atoms with Crippen LogP contribution in [-0.4, -0.2) is 53.4 Å². The highest BCUT2D eigenvalue weighted by Gasteiger charge is 2.29. The summed E-state index contributed by atoms with van der Waals surface area (Å²) >= 11 is 0. The second kappa shape index (κ2) is 8.22. The summed E-state index contributed by atoms with van der Waals surface area (Å²) in [5.41, 5.74) is 0.121. The quantitative estimate of drug-likeness (QED) is 0.738. The van der Waals surface area contributed by atoms with Gasteiger partial charge in [0.15, 0.2) is 0 Å². The van der Waals surface area contributed by atoms with Crippen molar-refractivity contribution in [2.24, 2.45) is 13.0 Å². The number of nitrogens with zero attached hydrogens (tertiary/aromatic N) is 2. The molecule has 26 heavy (non-hydrogen) atoms. The number of piperidine rings is 1. The zero-order chi connectivity index (χ0) is 19.5. The van der Waals surface area contributed by atoms with E-state index >= 15 is 0 Å². The first-order valence-electron chi connectivity index (χ1n) is 8.83. The van der Waals surface area contributed by atoms with Crippen LogP contribution in [0, 0.1) is 5.92 Å². The van der Waals surface area contributed by atoms with E-state index in [1.807, 2.05) is 13.8 Å². The number of nitrogens with one attached hydrogen (secondary N) is 1. The van der Waals surface area contributed by atoms with E-state index in [4.69, 9.17) is 0 Å². The van der Waals surface area contributed by atoms with E-state index in [9.17, 15) is 23.1 Å². The molecule has 1 aliphatic heterocycles. The van der Waals surface area contributed by atoms with Gasteiger partial charge in [-0.25, -0.2) is 13.2 Å². The first-order valence-corrected chi connectivity index (χ1v) is 10.3. The van der Waals surface area contributed by atoms with Crippen molar-refractivity contribution in [1.82, 2.24) is 14.2 Å². The molecule has 1 aromatic heterocycles. The fraction of sp³-hybridized carbons (Fsp3) is 0.647. The minimum absolute atomic E-state index is 0.0581. The number of hydrogen-bond donors (Lipinski definition) is 2. The molecular formula is C17H27N3O5S. The highest BCUT2D eigenvalue weighted by Crippen LogP contribution is 2.22. The van der Waals surface area contributed by atoms with Gasteiger partial charge in [-0.1, -0.05) is 20.3 Å². The number of aryl methyl sites for hydroxylation is 1. The molecule has 146 valence electrons. The van der Waals surface area contributed by atoms with Crippen LogP contribution < -0.4 is 5.32 Å². The van der Waals surface area contributed by atoms with Gasteiger partial charge in [-0.2, -0.15) is 4.31 Å². The summed E-state index contributed by atoms with van der Waals surface area (Å²) in [6.07, 6.45) is 4.37. The highest BCUT2D eigenvalue weighted by atomic mass is 32.2. The van der Waals surface area contributed by atoms with E-state index in [-0.39, 0.29) is 16.5 Å². The molecule has 1 aromatic rings. The molecule has 9 heteroatoms. The summed E-state index contributed by atoms with van der Waals surface area (Å²) in [4.78, 5) is 23.9. The molecule has 2 rings (SSSR count). The summed E-state index contributed by atoms with van der Waals surface area (Å²) in [6, 6.07) is 0.299. The van der Waals surface area contributed by atoms with Crippen molar-refractivity contribution in [1.29, 1.82) is 0 Å². The smallest absolute Gasteiger partial charge is 0.326 e. The second-order valence-electron chi connectivity index (χ2n) is 7.13. The number of carbonyl (C=O) groups excluding carboxylic acids is 1. The zero-order valence-electron chi connectivity index (χ0n) is 15.4. The minimum Gasteiger partial charge on any atom is -0.480 e. The monoisotopic (exact) mass is 385 g/mol. The van der Waals surface area contributed by atoms with Crippen LogP contribution in [0.3, 0.4) is 0 Å². The Morgan fingerprint density at radius 3 is 2.38 bits per heavy atom. The summed E-state index contributed by atoms with van der Waals surface area (Å²) in [5.74, 6) is -1.61. The molecule has 0 aromatic carbocycles. The normalized spacial score (nSPS) is 17.2. The molecular weight excluding hydrogens is 358 g/mol. The Hall–Kier alpha value is -1.87. The van der Waals surface area contributed by atoms with Gasteiger partial charge in [-0.15, -0.1) is 0 Å². The number of aliphatic carboxylic acids is 1. The zero-order valence-corrected chi connectivity index (χ0v) is 16.3. The van der Waals surface area contributed by atoms with Gasteiger partial charge in [0.05, 0.1) is 0 Å². The van der Waals surface area contributed by atoms with E-state index < -0.39 is 27.9 Å². The number of carboxylic acid groups (broad SMARTS) is 1. The predicted molar refractivity (Wildman–Crippen MR) is 96.4 cm³/mol. The Morgan fingerprint density at radius 2 is 1.85 bits per heavy atom. The van der Waals surface area contributed by atoms with Gasteiger partial charge in [-0.3, -0.25) is 4.79 Å². The van der Waals surface area contributed by atoms with Crippen LogP contribution in [0.4, 0.5) is 0 Å². The fourth-order valence-corrected chi connectivity index (χ4v) is 4.67.